The molecule has 0 bridgehead atoms. The van der Waals surface area contributed by atoms with Crippen LogP contribution in [0.2, 0.25) is 5.02 Å². The Bertz CT molecular complexity index is 802. The summed E-state index contributed by atoms with van der Waals surface area (Å²) in [5, 5.41) is 3.39. The summed E-state index contributed by atoms with van der Waals surface area (Å²) in [6.07, 6.45) is 0. The smallest absolute Gasteiger partial charge is 0.251 e. The lowest BCUT2D eigenvalue weighted by Crippen LogP contribution is -2.51. The molecule has 0 aliphatic carbocycles. The minimum Gasteiger partial charge on any atom is -0.368 e. The first-order chi connectivity index (χ1) is 13.1. The van der Waals surface area contributed by atoms with E-state index < -0.39 is 0 Å². The van der Waals surface area contributed by atoms with Gasteiger partial charge in [0.1, 0.15) is 0 Å². The van der Waals surface area contributed by atoms with Gasteiger partial charge in [0, 0.05) is 49.0 Å². The summed E-state index contributed by atoms with van der Waals surface area (Å²) < 4.78 is 0. The largest absolute Gasteiger partial charge is 0.368 e. The van der Waals surface area contributed by atoms with Gasteiger partial charge in [-0.1, -0.05) is 29.8 Å². The van der Waals surface area contributed by atoms with E-state index in [9.17, 15) is 9.59 Å². The van der Waals surface area contributed by atoms with E-state index in [1.807, 2.05) is 36.4 Å². The third-order valence-electron chi connectivity index (χ3n) is 4.66. The molecule has 0 atom stereocenters. The number of anilines is 1. The normalized spacial score (nSPS) is 14.1. The molecule has 2 aromatic carbocycles. The molecule has 0 radical (unpaired) electrons. The van der Waals surface area contributed by atoms with Gasteiger partial charge in [-0.15, -0.1) is 0 Å². The van der Waals surface area contributed by atoms with Crippen molar-refractivity contribution in [2.24, 2.45) is 5.73 Å². The van der Waals surface area contributed by atoms with Crippen molar-refractivity contribution in [3.63, 3.8) is 0 Å². The zero-order valence-corrected chi connectivity index (χ0v) is 15.8. The summed E-state index contributed by atoms with van der Waals surface area (Å²) in [5.74, 6) is -0.336. The number of rotatable bonds is 5. The van der Waals surface area contributed by atoms with Gasteiger partial charge in [0.05, 0.1) is 6.54 Å². The SMILES string of the molecule is NCc1ccc(C(=O)NCC(=O)N2CCN(c3cccc(Cl)c3)CC2)cc1. The average molecular weight is 387 g/mol. The van der Waals surface area contributed by atoms with Crippen LogP contribution in [0.4, 0.5) is 5.69 Å². The highest BCUT2D eigenvalue weighted by Gasteiger charge is 2.21. The summed E-state index contributed by atoms with van der Waals surface area (Å²) in [5.41, 5.74) is 8.09. The number of carbonyl (C=O) groups excluding carboxylic acids is 2. The standard InChI is InChI=1S/C20H23ClN4O2/c21-17-2-1-3-18(12-17)24-8-10-25(11-9-24)19(26)14-23-20(27)16-6-4-15(13-22)5-7-16/h1-7,12H,8-11,13-14,22H2,(H,23,27). The third kappa shape index (κ3) is 4.99. The van der Waals surface area contributed by atoms with Gasteiger partial charge >= 0.3 is 0 Å². The van der Waals surface area contributed by atoms with Crippen LogP contribution in [-0.4, -0.2) is 49.4 Å². The van der Waals surface area contributed by atoms with E-state index in [0.29, 0.717) is 30.2 Å². The molecule has 1 aliphatic rings. The van der Waals surface area contributed by atoms with Gasteiger partial charge in [-0.2, -0.15) is 0 Å². The molecule has 0 aromatic heterocycles. The Morgan fingerprint density at radius 3 is 2.37 bits per heavy atom. The van der Waals surface area contributed by atoms with E-state index >= 15 is 0 Å². The van der Waals surface area contributed by atoms with Crippen molar-refractivity contribution in [2.75, 3.05) is 37.6 Å². The summed E-state index contributed by atoms with van der Waals surface area (Å²) in [6.45, 7) is 3.14. The fourth-order valence-corrected chi connectivity index (χ4v) is 3.23. The van der Waals surface area contributed by atoms with Gasteiger partial charge in [-0.05, 0) is 35.9 Å². The molecule has 1 heterocycles. The minimum atomic E-state index is -0.260. The molecule has 0 saturated carbocycles. The Kier molecular flexibility index (Phi) is 6.32. The molecule has 3 rings (SSSR count). The van der Waals surface area contributed by atoms with E-state index in [1.54, 1.807) is 17.0 Å². The minimum absolute atomic E-state index is 0.00532. The average Bonchev–Trinajstić information content (AvgIpc) is 2.72. The number of amides is 2. The van der Waals surface area contributed by atoms with Gasteiger partial charge in [-0.25, -0.2) is 0 Å². The van der Waals surface area contributed by atoms with Crippen molar-refractivity contribution >= 4 is 29.1 Å². The van der Waals surface area contributed by atoms with Crippen LogP contribution in [0.1, 0.15) is 15.9 Å². The van der Waals surface area contributed by atoms with Crippen LogP contribution in [0.25, 0.3) is 0 Å². The number of carbonyl (C=O) groups is 2. The number of nitrogens with one attached hydrogen (secondary N) is 1. The topological polar surface area (TPSA) is 78.7 Å². The Morgan fingerprint density at radius 1 is 1.04 bits per heavy atom. The number of nitrogens with two attached hydrogens (primary N) is 1. The Labute approximate surface area is 163 Å². The summed E-state index contributed by atoms with van der Waals surface area (Å²) in [6, 6.07) is 14.8. The molecule has 6 nitrogen and oxygen atoms in total. The first-order valence-corrected chi connectivity index (χ1v) is 9.30. The van der Waals surface area contributed by atoms with Crippen LogP contribution >= 0.6 is 11.6 Å². The molecular formula is C20H23ClN4O2. The van der Waals surface area contributed by atoms with E-state index in [1.165, 1.54) is 0 Å². The molecule has 1 aliphatic heterocycles. The van der Waals surface area contributed by atoms with Gasteiger partial charge in [0.15, 0.2) is 0 Å². The van der Waals surface area contributed by atoms with Gasteiger partial charge in [-0.3, -0.25) is 9.59 Å². The second-order valence-electron chi connectivity index (χ2n) is 6.43. The van der Waals surface area contributed by atoms with Gasteiger partial charge in [0.2, 0.25) is 5.91 Å². The maximum absolute atomic E-state index is 12.4. The van der Waals surface area contributed by atoms with Crippen LogP contribution in [0.15, 0.2) is 48.5 Å². The molecule has 1 saturated heterocycles. The van der Waals surface area contributed by atoms with Crippen LogP contribution in [-0.2, 0) is 11.3 Å². The van der Waals surface area contributed by atoms with E-state index in [4.69, 9.17) is 17.3 Å². The molecule has 2 amide bonds. The van der Waals surface area contributed by atoms with E-state index in [-0.39, 0.29) is 18.4 Å². The fraction of sp³-hybridized carbons (Fsp3) is 0.300. The van der Waals surface area contributed by atoms with Crippen LogP contribution < -0.4 is 16.0 Å². The Balaban J connectivity index is 1.47. The molecule has 142 valence electrons. The number of nitrogens with zero attached hydrogens (tertiary/aromatic N) is 2. The van der Waals surface area contributed by atoms with Gasteiger partial charge in [0.25, 0.3) is 5.91 Å². The summed E-state index contributed by atoms with van der Waals surface area (Å²) in [7, 11) is 0. The molecule has 1 fully saturated rings. The van der Waals surface area contributed by atoms with E-state index in [2.05, 4.69) is 10.2 Å². The van der Waals surface area contributed by atoms with Crippen LogP contribution in [0, 0.1) is 0 Å². The molecule has 7 heteroatoms. The number of hydrogen-bond donors (Lipinski definition) is 2. The molecule has 0 unspecified atom stereocenters. The molecule has 27 heavy (non-hydrogen) atoms. The molecule has 2 aromatic rings. The lowest BCUT2D eigenvalue weighted by Gasteiger charge is -2.36. The first-order valence-electron chi connectivity index (χ1n) is 8.92. The van der Waals surface area contributed by atoms with Crippen LogP contribution in [0.3, 0.4) is 0 Å². The highest BCUT2D eigenvalue weighted by atomic mass is 35.5. The maximum Gasteiger partial charge on any atom is 0.251 e. The second-order valence-corrected chi connectivity index (χ2v) is 6.87. The van der Waals surface area contributed by atoms with Crippen LogP contribution in [0.5, 0.6) is 0 Å². The van der Waals surface area contributed by atoms with Crippen molar-refractivity contribution in [2.45, 2.75) is 6.54 Å². The number of hydrogen-bond acceptors (Lipinski definition) is 4. The van der Waals surface area contributed by atoms with Gasteiger partial charge < -0.3 is 20.9 Å². The lowest BCUT2D eigenvalue weighted by molar-refractivity contribution is -0.130. The van der Waals surface area contributed by atoms with Crippen molar-refractivity contribution in [3.05, 3.63) is 64.7 Å². The lowest BCUT2D eigenvalue weighted by atomic mass is 10.1. The maximum atomic E-state index is 12.4. The quantitative estimate of drug-likeness (QED) is 0.822. The number of halogens is 1. The Hall–Kier alpha value is -2.57. The Morgan fingerprint density at radius 2 is 1.74 bits per heavy atom. The van der Waals surface area contributed by atoms with Crippen molar-refractivity contribution in [1.29, 1.82) is 0 Å². The third-order valence-corrected chi connectivity index (χ3v) is 4.89. The highest BCUT2D eigenvalue weighted by molar-refractivity contribution is 6.30. The molecule has 0 spiro atoms. The monoisotopic (exact) mass is 386 g/mol. The predicted octanol–water partition coefficient (Wildman–Crippen LogP) is 1.88. The second kappa shape index (κ2) is 8.88. The number of benzene rings is 2. The fourth-order valence-electron chi connectivity index (χ4n) is 3.05. The van der Waals surface area contributed by atoms with Crippen molar-refractivity contribution in [1.82, 2.24) is 10.2 Å². The first kappa shape index (κ1) is 19.2. The highest BCUT2D eigenvalue weighted by Crippen LogP contribution is 2.20. The van der Waals surface area contributed by atoms with Crippen molar-refractivity contribution in [3.8, 4) is 0 Å². The predicted molar refractivity (Wildman–Crippen MR) is 107 cm³/mol. The summed E-state index contributed by atoms with van der Waals surface area (Å²) >= 11 is 6.04. The van der Waals surface area contributed by atoms with Crippen molar-refractivity contribution < 1.29 is 9.59 Å². The number of piperazine rings is 1. The zero-order valence-electron chi connectivity index (χ0n) is 15.0. The van der Waals surface area contributed by atoms with E-state index in [0.717, 1.165) is 24.3 Å². The molecular weight excluding hydrogens is 364 g/mol. The summed E-state index contributed by atoms with van der Waals surface area (Å²) in [4.78, 5) is 28.5. The zero-order chi connectivity index (χ0) is 19.2. The molecule has 3 N–H and O–H groups in total.